The molecule has 29 heavy (non-hydrogen) atoms. The topological polar surface area (TPSA) is 92.3 Å². The van der Waals surface area contributed by atoms with Gasteiger partial charge in [-0.15, -0.1) is 0 Å². The Morgan fingerprint density at radius 3 is 2.59 bits per heavy atom. The molecule has 0 spiro atoms. The van der Waals surface area contributed by atoms with Crippen LogP contribution in [0.1, 0.15) is 11.1 Å². The molecular weight excluding hydrogens is 368 g/mol. The molecule has 0 amide bonds. The van der Waals surface area contributed by atoms with Crippen molar-refractivity contribution < 1.29 is 9.66 Å². The minimum atomic E-state index is -0.455. The quantitative estimate of drug-likeness (QED) is 0.382. The SMILES string of the molecule is N#C/C(=C\c1cc2ccccc2nc1N1CCOCC1)c1ccc([N+](=O)[O-])cc1. The Bertz CT molecular complexity index is 1130. The van der Waals surface area contributed by atoms with Crippen molar-refractivity contribution in [3.8, 4) is 6.07 Å². The third kappa shape index (κ3) is 3.93. The van der Waals surface area contributed by atoms with Gasteiger partial charge in [-0.05, 0) is 35.9 Å². The number of nitro benzene ring substituents is 1. The van der Waals surface area contributed by atoms with Crippen LogP contribution in [0.2, 0.25) is 0 Å². The maximum atomic E-state index is 10.9. The van der Waals surface area contributed by atoms with Crippen LogP contribution in [0.15, 0.2) is 54.6 Å². The molecule has 1 aliphatic rings. The number of fused-ring (bicyclic) bond motifs is 1. The Kier molecular flexibility index (Phi) is 5.18. The van der Waals surface area contributed by atoms with Crippen molar-refractivity contribution in [1.29, 1.82) is 5.26 Å². The zero-order valence-corrected chi connectivity index (χ0v) is 15.6. The number of pyridine rings is 1. The molecule has 4 rings (SSSR count). The predicted octanol–water partition coefficient (Wildman–Crippen LogP) is 4.04. The highest BCUT2D eigenvalue weighted by molar-refractivity contribution is 5.94. The van der Waals surface area contributed by atoms with Gasteiger partial charge in [0.05, 0.1) is 35.3 Å². The lowest BCUT2D eigenvalue weighted by molar-refractivity contribution is -0.384. The van der Waals surface area contributed by atoms with Crippen molar-refractivity contribution in [1.82, 2.24) is 4.98 Å². The lowest BCUT2D eigenvalue weighted by Crippen LogP contribution is -2.37. The first kappa shape index (κ1) is 18.6. The van der Waals surface area contributed by atoms with E-state index in [1.54, 1.807) is 18.2 Å². The second kappa shape index (κ2) is 8.09. The highest BCUT2D eigenvalue weighted by Gasteiger charge is 2.17. The molecule has 1 saturated heterocycles. The highest BCUT2D eigenvalue weighted by atomic mass is 16.6. The number of benzene rings is 2. The molecule has 3 aromatic rings. The van der Waals surface area contributed by atoms with Gasteiger partial charge in [0.25, 0.3) is 5.69 Å². The van der Waals surface area contributed by atoms with E-state index in [0.717, 1.165) is 35.4 Å². The van der Waals surface area contributed by atoms with E-state index in [1.165, 1.54) is 12.1 Å². The molecule has 1 aromatic heterocycles. The summed E-state index contributed by atoms with van der Waals surface area (Å²) in [7, 11) is 0. The molecule has 0 radical (unpaired) electrons. The van der Waals surface area contributed by atoms with E-state index in [4.69, 9.17) is 9.72 Å². The lowest BCUT2D eigenvalue weighted by Gasteiger charge is -2.29. The van der Waals surface area contributed by atoms with Crippen LogP contribution in [0.25, 0.3) is 22.6 Å². The Morgan fingerprint density at radius 2 is 1.90 bits per heavy atom. The molecule has 0 saturated carbocycles. The summed E-state index contributed by atoms with van der Waals surface area (Å²) in [5, 5.41) is 21.6. The average Bonchev–Trinajstić information content (AvgIpc) is 2.77. The Morgan fingerprint density at radius 1 is 1.17 bits per heavy atom. The largest absolute Gasteiger partial charge is 0.378 e. The summed E-state index contributed by atoms with van der Waals surface area (Å²) < 4.78 is 5.46. The number of nitriles is 1. The van der Waals surface area contributed by atoms with Gasteiger partial charge in [-0.1, -0.05) is 18.2 Å². The van der Waals surface area contributed by atoms with Crippen molar-refractivity contribution in [3.05, 3.63) is 75.8 Å². The first-order valence-electron chi connectivity index (χ1n) is 9.25. The number of ether oxygens (including phenoxy) is 1. The van der Waals surface area contributed by atoms with Gasteiger partial charge in [-0.2, -0.15) is 5.26 Å². The molecule has 0 aliphatic carbocycles. The summed E-state index contributed by atoms with van der Waals surface area (Å²) in [5.41, 5.74) is 2.76. The monoisotopic (exact) mass is 386 g/mol. The molecule has 1 aliphatic heterocycles. The Balaban J connectivity index is 1.81. The van der Waals surface area contributed by atoms with E-state index in [0.29, 0.717) is 24.4 Å². The number of hydrogen-bond donors (Lipinski definition) is 0. The van der Waals surface area contributed by atoms with Gasteiger partial charge in [-0.3, -0.25) is 10.1 Å². The fraction of sp³-hybridized carbons (Fsp3) is 0.182. The summed E-state index contributed by atoms with van der Waals surface area (Å²) >= 11 is 0. The summed E-state index contributed by atoms with van der Waals surface area (Å²) in [5.74, 6) is 0.807. The van der Waals surface area contributed by atoms with Crippen molar-refractivity contribution >= 4 is 34.1 Å². The highest BCUT2D eigenvalue weighted by Crippen LogP contribution is 2.29. The predicted molar refractivity (Wildman–Crippen MR) is 111 cm³/mol. The Hall–Kier alpha value is -3.76. The Labute approximate surface area is 167 Å². The fourth-order valence-corrected chi connectivity index (χ4v) is 3.36. The molecule has 0 unspecified atom stereocenters. The molecule has 144 valence electrons. The van der Waals surface area contributed by atoms with Crippen LogP contribution in [0.5, 0.6) is 0 Å². The van der Waals surface area contributed by atoms with Gasteiger partial charge in [0.15, 0.2) is 0 Å². The van der Waals surface area contributed by atoms with E-state index in [1.807, 2.05) is 30.3 Å². The molecule has 7 heteroatoms. The van der Waals surface area contributed by atoms with Crippen molar-refractivity contribution in [2.75, 3.05) is 31.2 Å². The first-order valence-corrected chi connectivity index (χ1v) is 9.25. The number of hydrogen-bond acceptors (Lipinski definition) is 6. The van der Waals surface area contributed by atoms with Crippen molar-refractivity contribution in [2.24, 2.45) is 0 Å². The maximum Gasteiger partial charge on any atom is 0.269 e. The van der Waals surface area contributed by atoms with Crippen molar-refractivity contribution in [3.63, 3.8) is 0 Å². The second-order valence-corrected chi connectivity index (χ2v) is 6.67. The van der Waals surface area contributed by atoms with Gasteiger partial charge in [-0.25, -0.2) is 4.98 Å². The van der Waals surface area contributed by atoms with Gasteiger partial charge >= 0.3 is 0 Å². The minimum Gasteiger partial charge on any atom is -0.378 e. The number of nitrogens with zero attached hydrogens (tertiary/aromatic N) is 4. The van der Waals surface area contributed by atoms with Crippen LogP contribution in [0, 0.1) is 21.4 Å². The van der Waals surface area contributed by atoms with Crippen LogP contribution in [-0.4, -0.2) is 36.2 Å². The summed E-state index contributed by atoms with van der Waals surface area (Å²) in [6.45, 7) is 2.72. The van der Waals surface area contributed by atoms with E-state index < -0.39 is 4.92 Å². The maximum absolute atomic E-state index is 10.9. The minimum absolute atomic E-state index is 0.00702. The number of rotatable bonds is 4. The zero-order valence-electron chi connectivity index (χ0n) is 15.6. The molecule has 0 N–H and O–H groups in total. The van der Waals surface area contributed by atoms with Crippen LogP contribution >= 0.6 is 0 Å². The van der Waals surface area contributed by atoms with Gasteiger partial charge in [0.1, 0.15) is 5.82 Å². The molecule has 2 heterocycles. The number of morpholine rings is 1. The molecule has 0 atom stereocenters. The van der Waals surface area contributed by atoms with Crippen LogP contribution in [0.4, 0.5) is 11.5 Å². The summed E-state index contributed by atoms with van der Waals surface area (Å²) in [6.07, 6.45) is 1.80. The number of para-hydroxylation sites is 1. The smallest absolute Gasteiger partial charge is 0.269 e. The normalized spacial score (nSPS) is 14.6. The van der Waals surface area contributed by atoms with E-state index in [-0.39, 0.29) is 5.69 Å². The van der Waals surface area contributed by atoms with Crippen LogP contribution in [0.3, 0.4) is 0 Å². The second-order valence-electron chi connectivity index (χ2n) is 6.67. The first-order chi connectivity index (χ1) is 14.2. The number of aromatic nitrogens is 1. The van der Waals surface area contributed by atoms with Crippen LogP contribution < -0.4 is 4.90 Å². The molecule has 7 nitrogen and oxygen atoms in total. The zero-order chi connectivity index (χ0) is 20.2. The molecule has 1 fully saturated rings. The summed E-state index contributed by atoms with van der Waals surface area (Å²) in [4.78, 5) is 17.4. The molecule has 0 bridgehead atoms. The van der Waals surface area contributed by atoms with Gasteiger partial charge < -0.3 is 9.64 Å². The molecular formula is C22H18N4O3. The third-order valence-corrected chi connectivity index (χ3v) is 4.85. The number of allylic oxidation sites excluding steroid dienone is 1. The fourth-order valence-electron chi connectivity index (χ4n) is 3.36. The lowest BCUT2D eigenvalue weighted by atomic mass is 10.0. The number of non-ortho nitro benzene ring substituents is 1. The average molecular weight is 386 g/mol. The van der Waals surface area contributed by atoms with E-state index in [2.05, 4.69) is 11.0 Å². The van der Waals surface area contributed by atoms with Gasteiger partial charge in [0.2, 0.25) is 0 Å². The number of anilines is 1. The number of nitro groups is 1. The van der Waals surface area contributed by atoms with Crippen molar-refractivity contribution in [2.45, 2.75) is 0 Å². The summed E-state index contributed by atoms with van der Waals surface area (Å²) in [6, 6.07) is 18.1. The van der Waals surface area contributed by atoms with E-state index in [9.17, 15) is 15.4 Å². The molecule has 2 aromatic carbocycles. The van der Waals surface area contributed by atoms with Crippen LogP contribution in [-0.2, 0) is 4.74 Å². The standard InChI is InChI=1S/C22H18N4O3/c23-15-19(16-5-7-20(8-6-16)26(27)28)14-18-13-17-3-1-2-4-21(17)24-22(18)25-9-11-29-12-10-25/h1-8,13-14H,9-12H2/b19-14+. The van der Waals surface area contributed by atoms with E-state index >= 15 is 0 Å². The van der Waals surface area contributed by atoms with Gasteiger partial charge in [0, 0.05) is 36.2 Å². The third-order valence-electron chi connectivity index (χ3n) is 4.85.